The summed E-state index contributed by atoms with van der Waals surface area (Å²) in [7, 11) is 0. The fraction of sp³-hybridized carbons (Fsp3) is 0.118. The summed E-state index contributed by atoms with van der Waals surface area (Å²) < 4.78 is 28.6. The Morgan fingerprint density at radius 1 is 1.12 bits per heavy atom. The number of non-ortho nitro benzene ring substituents is 1. The number of hydrogen-bond donors (Lipinski definition) is 1. The van der Waals surface area contributed by atoms with E-state index in [9.17, 15) is 18.9 Å². The molecule has 0 unspecified atom stereocenters. The van der Waals surface area contributed by atoms with Gasteiger partial charge in [0.2, 0.25) is 0 Å². The van der Waals surface area contributed by atoms with Gasteiger partial charge in [-0.1, -0.05) is 12.1 Å². The lowest BCUT2D eigenvalue weighted by Gasteiger charge is -2.11. The van der Waals surface area contributed by atoms with Crippen LogP contribution >= 0.6 is 0 Å². The third-order valence-electron chi connectivity index (χ3n) is 3.62. The minimum atomic E-state index is -2.86. The molecule has 0 atom stereocenters. The van der Waals surface area contributed by atoms with Gasteiger partial charge in [0, 0.05) is 36.1 Å². The van der Waals surface area contributed by atoms with Crippen molar-refractivity contribution in [2.45, 2.75) is 13.2 Å². The maximum atomic E-state index is 12.1. The number of alkyl halides is 2. The first-order chi connectivity index (χ1) is 12.0. The maximum absolute atomic E-state index is 12.1. The van der Waals surface area contributed by atoms with Crippen LogP contribution in [0.4, 0.5) is 20.2 Å². The van der Waals surface area contributed by atoms with Gasteiger partial charge in [-0.3, -0.25) is 15.1 Å². The average Bonchev–Trinajstić information content (AvgIpc) is 2.60. The molecule has 3 aromatic rings. The lowest BCUT2D eigenvalue weighted by Crippen LogP contribution is -2.03. The molecule has 0 saturated carbocycles. The molecule has 1 N–H and O–H groups in total. The van der Waals surface area contributed by atoms with E-state index in [4.69, 9.17) is 0 Å². The van der Waals surface area contributed by atoms with Crippen LogP contribution < -0.4 is 10.1 Å². The molecule has 0 spiro atoms. The Bertz CT molecular complexity index is 901. The highest BCUT2D eigenvalue weighted by atomic mass is 19.3. The van der Waals surface area contributed by atoms with Gasteiger partial charge in [0.1, 0.15) is 5.75 Å². The molecule has 1 heterocycles. The molecule has 1 aromatic heterocycles. The molecule has 0 aliphatic heterocycles. The van der Waals surface area contributed by atoms with Crippen LogP contribution in [0.1, 0.15) is 5.56 Å². The molecule has 128 valence electrons. The molecule has 8 heteroatoms. The molecule has 0 fully saturated rings. The van der Waals surface area contributed by atoms with Gasteiger partial charge in [0.05, 0.1) is 10.3 Å². The summed E-state index contributed by atoms with van der Waals surface area (Å²) >= 11 is 0. The van der Waals surface area contributed by atoms with E-state index in [2.05, 4.69) is 15.0 Å². The van der Waals surface area contributed by atoms with Crippen LogP contribution in [0, 0.1) is 10.1 Å². The SMILES string of the molecule is O=[N+]([O-])c1ccc(NCc2ccc(OC(F)F)cc2)c2ccncc12. The number of nitro benzene ring substituents is 1. The monoisotopic (exact) mass is 345 g/mol. The van der Waals surface area contributed by atoms with Crippen molar-refractivity contribution in [2.75, 3.05) is 5.32 Å². The highest BCUT2D eigenvalue weighted by Gasteiger charge is 2.14. The number of fused-ring (bicyclic) bond motifs is 1. The molecule has 6 nitrogen and oxygen atoms in total. The highest BCUT2D eigenvalue weighted by Crippen LogP contribution is 2.31. The fourth-order valence-corrected chi connectivity index (χ4v) is 2.47. The van der Waals surface area contributed by atoms with Gasteiger partial charge >= 0.3 is 6.61 Å². The van der Waals surface area contributed by atoms with Crippen molar-refractivity contribution in [3.8, 4) is 5.75 Å². The Kier molecular flexibility index (Phi) is 4.69. The van der Waals surface area contributed by atoms with E-state index >= 15 is 0 Å². The number of hydrogen-bond acceptors (Lipinski definition) is 5. The number of aromatic nitrogens is 1. The van der Waals surface area contributed by atoms with Crippen LogP contribution in [-0.2, 0) is 6.54 Å². The lowest BCUT2D eigenvalue weighted by molar-refractivity contribution is -0.383. The van der Waals surface area contributed by atoms with Gasteiger partial charge in [-0.2, -0.15) is 8.78 Å². The predicted molar refractivity (Wildman–Crippen MR) is 88.8 cm³/mol. The highest BCUT2D eigenvalue weighted by molar-refractivity contribution is 5.99. The van der Waals surface area contributed by atoms with Crippen molar-refractivity contribution in [2.24, 2.45) is 0 Å². The molecule has 0 aliphatic carbocycles. The largest absolute Gasteiger partial charge is 0.435 e. The van der Waals surface area contributed by atoms with E-state index in [0.717, 1.165) is 11.3 Å². The molecule has 0 aliphatic rings. The van der Waals surface area contributed by atoms with E-state index < -0.39 is 11.5 Å². The molecular weight excluding hydrogens is 332 g/mol. The second-order valence-electron chi connectivity index (χ2n) is 5.19. The number of ether oxygens (including phenoxy) is 1. The zero-order valence-corrected chi connectivity index (χ0v) is 12.9. The zero-order valence-electron chi connectivity index (χ0n) is 12.9. The van der Waals surface area contributed by atoms with E-state index in [0.29, 0.717) is 17.3 Å². The summed E-state index contributed by atoms with van der Waals surface area (Å²) in [5, 5.41) is 15.4. The van der Waals surface area contributed by atoms with Gasteiger partial charge in [-0.25, -0.2) is 0 Å². The summed E-state index contributed by atoms with van der Waals surface area (Å²) in [6.45, 7) is -2.44. The molecule has 0 amide bonds. The van der Waals surface area contributed by atoms with E-state index in [1.165, 1.54) is 24.4 Å². The number of benzene rings is 2. The Labute approximate surface area is 141 Å². The van der Waals surface area contributed by atoms with Crippen molar-refractivity contribution in [3.63, 3.8) is 0 Å². The van der Waals surface area contributed by atoms with Crippen molar-refractivity contribution in [1.29, 1.82) is 0 Å². The number of nitrogens with zero attached hydrogens (tertiary/aromatic N) is 2. The van der Waals surface area contributed by atoms with Gasteiger partial charge in [-0.15, -0.1) is 0 Å². The molecule has 0 bridgehead atoms. The van der Waals surface area contributed by atoms with Crippen LogP contribution in [0.15, 0.2) is 54.9 Å². The Morgan fingerprint density at radius 2 is 1.88 bits per heavy atom. The summed E-state index contributed by atoms with van der Waals surface area (Å²) in [5.74, 6) is 0.0885. The minimum Gasteiger partial charge on any atom is -0.435 e. The van der Waals surface area contributed by atoms with Crippen LogP contribution in [0.5, 0.6) is 5.75 Å². The number of rotatable bonds is 6. The minimum absolute atomic E-state index is 0.0119. The molecule has 0 saturated heterocycles. The Hall–Kier alpha value is -3.29. The fourth-order valence-electron chi connectivity index (χ4n) is 2.47. The second kappa shape index (κ2) is 7.08. The first-order valence-electron chi connectivity index (χ1n) is 7.33. The van der Waals surface area contributed by atoms with Crippen molar-refractivity contribution in [3.05, 3.63) is 70.5 Å². The summed E-state index contributed by atoms with van der Waals surface area (Å²) in [4.78, 5) is 14.6. The third-order valence-corrected chi connectivity index (χ3v) is 3.62. The van der Waals surface area contributed by atoms with Gasteiger partial charge < -0.3 is 10.1 Å². The number of nitrogens with one attached hydrogen (secondary N) is 1. The smallest absolute Gasteiger partial charge is 0.387 e. The Balaban J connectivity index is 1.80. The number of halogens is 2. The topological polar surface area (TPSA) is 77.3 Å². The maximum Gasteiger partial charge on any atom is 0.387 e. The lowest BCUT2D eigenvalue weighted by atomic mass is 10.1. The zero-order chi connectivity index (χ0) is 17.8. The summed E-state index contributed by atoms with van der Waals surface area (Å²) in [5.41, 5.74) is 1.56. The van der Waals surface area contributed by atoms with Crippen LogP contribution in [-0.4, -0.2) is 16.5 Å². The van der Waals surface area contributed by atoms with Gasteiger partial charge in [0.25, 0.3) is 5.69 Å². The van der Waals surface area contributed by atoms with E-state index in [1.807, 2.05) is 0 Å². The van der Waals surface area contributed by atoms with E-state index in [1.54, 1.807) is 30.5 Å². The standard InChI is InChI=1S/C17H13F2N3O3/c18-17(19)25-12-3-1-11(2-4-12)9-21-15-5-6-16(22(23)24)14-10-20-8-7-13(14)15/h1-8,10,17,21H,9H2. The molecular formula is C17H13F2N3O3. The normalized spacial score (nSPS) is 10.8. The quantitative estimate of drug-likeness (QED) is 0.531. The predicted octanol–water partition coefficient (Wildman–Crippen LogP) is 4.36. The van der Waals surface area contributed by atoms with Crippen molar-refractivity contribution >= 4 is 22.1 Å². The van der Waals surface area contributed by atoms with E-state index in [-0.39, 0.29) is 11.4 Å². The molecule has 2 aromatic carbocycles. The van der Waals surface area contributed by atoms with Crippen LogP contribution in [0.25, 0.3) is 10.8 Å². The van der Waals surface area contributed by atoms with Gasteiger partial charge in [0.15, 0.2) is 0 Å². The number of nitro groups is 1. The van der Waals surface area contributed by atoms with Crippen molar-refractivity contribution < 1.29 is 18.4 Å². The molecule has 25 heavy (non-hydrogen) atoms. The number of pyridine rings is 1. The van der Waals surface area contributed by atoms with Crippen LogP contribution in [0.3, 0.4) is 0 Å². The first-order valence-corrected chi connectivity index (χ1v) is 7.33. The Morgan fingerprint density at radius 3 is 2.56 bits per heavy atom. The van der Waals surface area contributed by atoms with Crippen molar-refractivity contribution in [1.82, 2.24) is 4.98 Å². The average molecular weight is 345 g/mol. The second-order valence-corrected chi connectivity index (χ2v) is 5.19. The first kappa shape index (κ1) is 16.6. The van der Waals surface area contributed by atoms with Gasteiger partial charge in [-0.05, 0) is 29.8 Å². The summed E-state index contributed by atoms with van der Waals surface area (Å²) in [6.07, 6.45) is 3.02. The molecule has 3 rings (SSSR count). The molecule has 0 radical (unpaired) electrons. The number of anilines is 1. The third kappa shape index (κ3) is 3.79. The van der Waals surface area contributed by atoms with Crippen LogP contribution in [0.2, 0.25) is 0 Å². The summed E-state index contributed by atoms with van der Waals surface area (Å²) in [6, 6.07) is 11.0.